The summed E-state index contributed by atoms with van der Waals surface area (Å²) in [4.78, 5) is 33.6. The Kier molecular flexibility index (Phi) is 3.56. The van der Waals surface area contributed by atoms with Gasteiger partial charge in [0, 0.05) is 11.6 Å². The second-order valence-electron chi connectivity index (χ2n) is 4.44. The van der Waals surface area contributed by atoms with Gasteiger partial charge in [-0.3, -0.25) is 14.9 Å². The molecule has 2 heterocycles. The number of amides is 2. The lowest BCUT2D eigenvalue weighted by Gasteiger charge is -1.98. The topological polar surface area (TPSA) is 96.6 Å². The summed E-state index contributed by atoms with van der Waals surface area (Å²) in [5, 5.41) is 10.6. The van der Waals surface area contributed by atoms with Gasteiger partial charge in [-0.05, 0) is 36.0 Å². The van der Waals surface area contributed by atoms with Gasteiger partial charge in [0.2, 0.25) is 0 Å². The molecule has 0 bridgehead atoms. The van der Waals surface area contributed by atoms with E-state index < -0.39 is 17.1 Å². The molecule has 1 aromatic carbocycles. The Morgan fingerprint density at radius 1 is 1.14 bits per heavy atom. The highest BCUT2D eigenvalue weighted by Crippen LogP contribution is 2.28. The summed E-state index contributed by atoms with van der Waals surface area (Å²) in [5.41, 5.74) is 0.907. The molecular weight excluding hydrogens is 306 g/mol. The van der Waals surface area contributed by atoms with E-state index in [1.54, 1.807) is 24.3 Å². The van der Waals surface area contributed by atoms with Gasteiger partial charge in [0.25, 0.3) is 11.1 Å². The van der Waals surface area contributed by atoms with E-state index in [1.807, 2.05) is 0 Å². The highest BCUT2D eigenvalue weighted by molar-refractivity contribution is 8.18. The molecular formula is C15H9NO5S. The van der Waals surface area contributed by atoms with E-state index in [0.29, 0.717) is 17.1 Å². The first kappa shape index (κ1) is 14.2. The lowest BCUT2D eigenvalue weighted by Crippen LogP contribution is -2.17. The van der Waals surface area contributed by atoms with E-state index in [4.69, 9.17) is 9.52 Å². The van der Waals surface area contributed by atoms with Gasteiger partial charge in [-0.15, -0.1) is 0 Å². The van der Waals surface area contributed by atoms with Gasteiger partial charge in [0.15, 0.2) is 0 Å². The minimum absolute atomic E-state index is 0.190. The number of carboxylic acids is 1. The van der Waals surface area contributed by atoms with E-state index >= 15 is 0 Å². The van der Waals surface area contributed by atoms with Crippen molar-refractivity contribution >= 4 is 35.0 Å². The third kappa shape index (κ3) is 2.79. The molecule has 1 fully saturated rings. The first-order valence-electron chi connectivity index (χ1n) is 6.21. The van der Waals surface area contributed by atoms with Gasteiger partial charge in [-0.2, -0.15) is 0 Å². The van der Waals surface area contributed by atoms with Crippen molar-refractivity contribution in [3.63, 3.8) is 0 Å². The first-order chi connectivity index (χ1) is 10.5. The molecule has 7 heteroatoms. The lowest BCUT2D eigenvalue weighted by atomic mass is 10.1. The Hall–Kier alpha value is -2.80. The standard InChI is InChI=1S/C15H9NO5S/c17-13-12(22-15(20)16-13)7-10-5-6-11(21-10)8-1-3-9(4-2-8)14(18)19/h1-7H,(H,18,19)(H,16,17,20)/b12-7-. The van der Waals surface area contributed by atoms with Gasteiger partial charge in [0.1, 0.15) is 11.5 Å². The third-order valence-electron chi connectivity index (χ3n) is 2.96. The zero-order valence-corrected chi connectivity index (χ0v) is 11.8. The van der Waals surface area contributed by atoms with Crippen LogP contribution in [0, 0.1) is 0 Å². The molecule has 2 amide bonds. The van der Waals surface area contributed by atoms with E-state index in [0.717, 1.165) is 11.8 Å². The van der Waals surface area contributed by atoms with Crippen LogP contribution in [0.4, 0.5) is 4.79 Å². The third-order valence-corrected chi connectivity index (χ3v) is 3.77. The Morgan fingerprint density at radius 3 is 2.45 bits per heavy atom. The van der Waals surface area contributed by atoms with Crippen LogP contribution in [0.15, 0.2) is 45.7 Å². The van der Waals surface area contributed by atoms with E-state index in [1.165, 1.54) is 18.2 Å². The average molecular weight is 315 g/mol. The number of nitrogens with one attached hydrogen (secondary N) is 1. The summed E-state index contributed by atoms with van der Waals surface area (Å²) in [6.07, 6.45) is 1.49. The van der Waals surface area contributed by atoms with Crippen LogP contribution in [-0.4, -0.2) is 22.2 Å². The summed E-state index contributed by atoms with van der Waals surface area (Å²) >= 11 is 0.815. The molecule has 0 atom stereocenters. The maximum atomic E-state index is 11.4. The van der Waals surface area contributed by atoms with Gasteiger partial charge in [-0.25, -0.2) is 4.79 Å². The number of carbonyl (C=O) groups excluding carboxylic acids is 2. The summed E-state index contributed by atoms with van der Waals surface area (Å²) < 4.78 is 5.59. The van der Waals surface area contributed by atoms with Crippen LogP contribution >= 0.6 is 11.8 Å². The number of thioether (sulfide) groups is 1. The predicted octanol–water partition coefficient (Wildman–Crippen LogP) is 2.97. The molecule has 6 nitrogen and oxygen atoms in total. The largest absolute Gasteiger partial charge is 0.478 e. The highest BCUT2D eigenvalue weighted by Gasteiger charge is 2.25. The number of imide groups is 1. The van der Waals surface area contributed by atoms with Crippen molar-refractivity contribution in [2.24, 2.45) is 0 Å². The van der Waals surface area contributed by atoms with Crippen molar-refractivity contribution in [3.8, 4) is 11.3 Å². The average Bonchev–Trinajstić information content (AvgIpc) is 3.06. The maximum Gasteiger partial charge on any atom is 0.335 e. The Labute approximate surface area is 128 Å². The van der Waals surface area contributed by atoms with Crippen LogP contribution in [0.25, 0.3) is 17.4 Å². The molecule has 110 valence electrons. The number of carboxylic acid groups (broad SMARTS) is 1. The number of furan rings is 1. The maximum absolute atomic E-state index is 11.4. The van der Waals surface area contributed by atoms with Crippen molar-refractivity contribution in [3.05, 3.63) is 52.6 Å². The number of hydrogen-bond acceptors (Lipinski definition) is 5. The quantitative estimate of drug-likeness (QED) is 0.845. The molecule has 0 spiro atoms. The first-order valence-corrected chi connectivity index (χ1v) is 7.03. The monoisotopic (exact) mass is 315 g/mol. The van der Waals surface area contributed by atoms with Crippen molar-refractivity contribution in [2.45, 2.75) is 0 Å². The van der Waals surface area contributed by atoms with Crippen LogP contribution in [0.2, 0.25) is 0 Å². The van der Waals surface area contributed by atoms with Crippen LogP contribution in [0.1, 0.15) is 16.1 Å². The lowest BCUT2D eigenvalue weighted by molar-refractivity contribution is -0.115. The van der Waals surface area contributed by atoms with Crippen molar-refractivity contribution in [1.82, 2.24) is 5.32 Å². The number of rotatable bonds is 3. The number of benzene rings is 1. The fourth-order valence-corrected chi connectivity index (χ4v) is 2.58. The molecule has 1 aromatic heterocycles. The number of aromatic carboxylic acids is 1. The molecule has 0 radical (unpaired) electrons. The zero-order valence-electron chi connectivity index (χ0n) is 11.0. The van der Waals surface area contributed by atoms with Gasteiger partial charge in [-0.1, -0.05) is 12.1 Å². The summed E-state index contributed by atoms with van der Waals surface area (Å²) in [7, 11) is 0. The Morgan fingerprint density at radius 2 is 1.86 bits per heavy atom. The van der Waals surface area contributed by atoms with Crippen LogP contribution < -0.4 is 5.32 Å². The van der Waals surface area contributed by atoms with Gasteiger partial charge in [0.05, 0.1) is 10.5 Å². The Bertz CT molecular complexity index is 804. The zero-order chi connectivity index (χ0) is 15.7. The SMILES string of the molecule is O=C1NC(=O)/C(=C/c2ccc(-c3ccc(C(=O)O)cc3)o2)S1. The second kappa shape index (κ2) is 5.53. The fraction of sp³-hybridized carbons (Fsp3) is 0. The summed E-state index contributed by atoms with van der Waals surface area (Å²) in [5.74, 6) is -0.465. The van der Waals surface area contributed by atoms with E-state index in [2.05, 4.69) is 5.32 Å². The molecule has 1 aliphatic heterocycles. The van der Waals surface area contributed by atoms with Crippen molar-refractivity contribution in [1.29, 1.82) is 0 Å². The van der Waals surface area contributed by atoms with Crippen molar-refractivity contribution in [2.75, 3.05) is 0 Å². The second-order valence-corrected chi connectivity index (χ2v) is 5.45. The Balaban J connectivity index is 1.85. The fourth-order valence-electron chi connectivity index (χ4n) is 1.91. The van der Waals surface area contributed by atoms with Crippen LogP contribution in [0.5, 0.6) is 0 Å². The van der Waals surface area contributed by atoms with Crippen LogP contribution in [-0.2, 0) is 4.79 Å². The highest BCUT2D eigenvalue weighted by atomic mass is 32.2. The minimum atomic E-state index is -0.995. The van der Waals surface area contributed by atoms with E-state index in [9.17, 15) is 14.4 Å². The molecule has 0 unspecified atom stereocenters. The smallest absolute Gasteiger partial charge is 0.335 e. The molecule has 0 aliphatic carbocycles. The normalized spacial score (nSPS) is 16.1. The molecule has 2 aromatic rings. The molecule has 3 rings (SSSR count). The predicted molar refractivity (Wildman–Crippen MR) is 80.2 cm³/mol. The van der Waals surface area contributed by atoms with Crippen molar-refractivity contribution < 1.29 is 23.9 Å². The molecule has 1 saturated heterocycles. The summed E-state index contributed by atoms with van der Waals surface area (Å²) in [6.45, 7) is 0. The van der Waals surface area contributed by atoms with Gasteiger partial charge < -0.3 is 9.52 Å². The summed E-state index contributed by atoms with van der Waals surface area (Å²) in [6, 6.07) is 9.62. The van der Waals surface area contributed by atoms with Crippen LogP contribution in [0.3, 0.4) is 0 Å². The minimum Gasteiger partial charge on any atom is -0.478 e. The molecule has 0 saturated carbocycles. The molecule has 2 N–H and O–H groups in total. The molecule has 1 aliphatic rings. The van der Waals surface area contributed by atoms with Gasteiger partial charge >= 0.3 is 5.97 Å². The molecule has 22 heavy (non-hydrogen) atoms. The van der Waals surface area contributed by atoms with E-state index in [-0.39, 0.29) is 10.5 Å². The number of hydrogen-bond donors (Lipinski definition) is 2. The number of carbonyl (C=O) groups is 3.